The third-order valence-corrected chi connectivity index (χ3v) is 4.92. The Morgan fingerprint density at radius 1 is 1.17 bits per heavy atom. The highest BCUT2D eigenvalue weighted by Crippen LogP contribution is 2.50. The minimum Gasteiger partial charge on any atom is -0.486 e. The molecule has 1 N–H and O–H groups in total. The van der Waals surface area contributed by atoms with Crippen molar-refractivity contribution in [2.45, 2.75) is 31.2 Å². The van der Waals surface area contributed by atoms with Crippen LogP contribution < -0.4 is 9.47 Å². The molecule has 0 radical (unpaired) electrons. The van der Waals surface area contributed by atoms with Gasteiger partial charge in [0.2, 0.25) is 5.91 Å². The van der Waals surface area contributed by atoms with Gasteiger partial charge in [0.25, 0.3) is 0 Å². The summed E-state index contributed by atoms with van der Waals surface area (Å²) in [6, 6.07) is 5.17. The Labute approximate surface area is 134 Å². The number of amides is 1. The number of aliphatic carboxylic acids is 1. The second-order valence-corrected chi connectivity index (χ2v) is 6.38. The zero-order valence-electron chi connectivity index (χ0n) is 12.7. The fourth-order valence-corrected chi connectivity index (χ4v) is 3.63. The summed E-state index contributed by atoms with van der Waals surface area (Å²) in [4.78, 5) is 25.4. The third kappa shape index (κ3) is 2.52. The molecule has 1 aromatic rings. The highest BCUT2D eigenvalue weighted by molar-refractivity contribution is 5.88. The molecule has 0 unspecified atom stereocenters. The maximum Gasteiger partial charge on any atom is 0.326 e. The van der Waals surface area contributed by atoms with Gasteiger partial charge in [-0.3, -0.25) is 4.79 Å². The van der Waals surface area contributed by atoms with Crippen molar-refractivity contribution in [3.8, 4) is 11.5 Å². The van der Waals surface area contributed by atoms with Gasteiger partial charge in [-0.05, 0) is 42.9 Å². The van der Waals surface area contributed by atoms with Gasteiger partial charge in [-0.2, -0.15) is 0 Å². The summed E-state index contributed by atoms with van der Waals surface area (Å²) >= 11 is 0. The summed E-state index contributed by atoms with van der Waals surface area (Å²) in [5, 5.41) is 9.23. The maximum atomic E-state index is 12.6. The van der Waals surface area contributed by atoms with E-state index in [-0.39, 0.29) is 17.7 Å². The van der Waals surface area contributed by atoms with Crippen molar-refractivity contribution in [2.24, 2.45) is 5.92 Å². The van der Waals surface area contributed by atoms with E-state index in [1.807, 2.05) is 18.2 Å². The molecule has 4 rings (SSSR count). The van der Waals surface area contributed by atoms with Crippen LogP contribution in [0.15, 0.2) is 18.2 Å². The number of fused-ring (bicyclic) bond motifs is 1. The van der Waals surface area contributed by atoms with Gasteiger partial charge in [-0.15, -0.1) is 0 Å². The summed E-state index contributed by atoms with van der Waals surface area (Å²) < 4.78 is 11.1. The van der Waals surface area contributed by atoms with Gasteiger partial charge in [0.15, 0.2) is 11.5 Å². The number of likely N-dealkylation sites (tertiary alicyclic amines) is 1. The SMILES string of the molecule is O=C(O)[C@H]1CCCN1C(=O)[C@H]1C[C@H]1c1ccc2c(c1)OCCO2. The molecule has 6 heteroatoms. The first-order valence-electron chi connectivity index (χ1n) is 8.08. The molecule has 3 atom stereocenters. The zero-order valence-corrected chi connectivity index (χ0v) is 12.7. The number of carboxylic acids is 1. The maximum absolute atomic E-state index is 12.6. The average molecular weight is 317 g/mol. The summed E-state index contributed by atoms with van der Waals surface area (Å²) in [5.41, 5.74) is 1.07. The second-order valence-electron chi connectivity index (χ2n) is 6.38. The van der Waals surface area contributed by atoms with E-state index in [0.29, 0.717) is 26.2 Å². The van der Waals surface area contributed by atoms with E-state index in [4.69, 9.17) is 9.47 Å². The first-order chi connectivity index (χ1) is 11.1. The Morgan fingerprint density at radius 3 is 2.74 bits per heavy atom. The van der Waals surface area contributed by atoms with Crippen LogP contribution in [0.4, 0.5) is 0 Å². The van der Waals surface area contributed by atoms with E-state index in [1.54, 1.807) is 4.90 Å². The molecule has 1 saturated heterocycles. The number of carboxylic acid groups (broad SMARTS) is 1. The summed E-state index contributed by atoms with van der Waals surface area (Å²) in [6.45, 7) is 1.65. The molecular weight excluding hydrogens is 298 g/mol. The largest absolute Gasteiger partial charge is 0.486 e. The number of carbonyl (C=O) groups excluding carboxylic acids is 1. The normalized spacial score (nSPS) is 28.5. The van der Waals surface area contributed by atoms with E-state index in [9.17, 15) is 14.7 Å². The van der Waals surface area contributed by atoms with Crippen LogP contribution in [0.25, 0.3) is 0 Å². The molecule has 2 heterocycles. The van der Waals surface area contributed by atoms with E-state index >= 15 is 0 Å². The molecule has 2 fully saturated rings. The second kappa shape index (κ2) is 5.44. The molecule has 1 saturated carbocycles. The lowest BCUT2D eigenvalue weighted by molar-refractivity contribution is -0.148. The minimum absolute atomic E-state index is 0.0187. The summed E-state index contributed by atoms with van der Waals surface area (Å²) in [6.07, 6.45) is 2.11. The van der Waals surface area contributed by atoms with Crippen LogP contribution in [0.1, 0.15) is 30.7 Å². The van der Waals surface area contributed by atoms with Crippen molar-refractivity contribution >= 4 is 11.9 Å². The number of ether oxygens (including phenoxy) is 2. The Kier molecular flexibility index (Phi) is 3.39. The molecule has 0 spiro atoms. The lowest BCUT2D eigenvalue weighted by atomic mass is 10.1. The first-order valence-corrected chi connectivity index (χ1v) is 8.08. The fraction of sp³-hybridized carbons (Fsp3) is 0.529. The highest BCUT2D eigenvalue weighted by atomic mass is 16.6. The first kappa shape index (κ1) is 14.4. The number of hydrogen-bond donors (Lipinski definition) is 1. The fourth-order valence-electron chi connectivity index (χ4n) is 3.63. The predicted octanol–water partition coefficient (Wildman–Crippen LogP) is 1.64. The molecule has 1 aromatic carbocycles. The highest BCUT2D eigenvalue weighted by Gasteiger charge is 2.48. The number of hydrogen-bond acceptors (Lipinski definition) is 4. The average Bonchev–Trinajstić information content (AvgIpc) is 3.21. The van der Waals surface area contributed by atoms with Crippen LogP contribution in [0.5, 0.6) is 11.5 Å². The van der Waals surface area contributed by atoms with Crippen LogP contribution >= 0.6 is 0 Å². The van der Waals surface area contributed by atoms with Crippen molar-refractivity contribution in [1.29, 1.82) is 0 Å². The molecule has 122 valence electrons. The Balaban J connectivity index is 1.47. The van der Waals surface area contributed by atoms with Crippen molar-refractivity contribution in [3.05, 3.63) is 23.8 Å². The molecule has 23 heavy (non-hydrogen) atoms. The molecule has 1 aliphatic carbocycles. The topological polar surface area (TPSA) is 76.1 Å². The molecule has 1 amide bonds. The van der Waals surface area contributed by atoms with Gasteiger partial charge in [0, 0.05) is 12.5 Å². The molecule has 3 aliphatic rings. The zero-order chi connectivity index (χ0) is 16.0. The van der Waals surface area contributed by atoms with Crippen LogP contribution in [-0.4, -0.2) is 47.7 Å². The molecule has 0 aromatic heterocycles. The van der Waals surface area contributed by atoms with E-state index in [2.05, 4.69) is 0 Å². The van der Waals surface area contributed by atoms with E-state index in [0.717, 1.165) is 29.9 Å². The van der Waals surface area contributed by atoms with Crippen LogP contribution in [0, 0.1) is 5.92 Å². The molecule has 6 nitrogen and oxygen atoms in total. The van der Waals surface area contributed by atoms with Gasteiger partial charge in [-0.25, -0.2) is 4.79 Å². The summed E-state index contributed by atoms with van der Waals surface area (Å²) in [5.74, 6) is 0.624. The molecule has 2 aliphatic heterocycles. The number of rotatable bonds is 3. The van der Waals surface area contributed by atoms with Gasteiger partial charge >= 0.3 is 5.97 Å². The number of benzene rings is 1. The van der Waals surface area contributed by atoms with Crippen molar-refractivity contribution in [3.63, 3.8) is 0 Å². The standard InChI is InChI=1S/C17H19NO5/c19-16(18-5-1-2-13(18)17(20)21)12-9-11(12)10-3-4-14-15(8-10)23-7-6-22-14/h3-4,8,11-13H,1-2,5-7,9H2,(H,20,21)/t11-,12-,13+/m0/s1. The lowest BCUT2D eigenvalue weighted by Crippen LogP contribution is -2.41. The summed E-state index contributed by atoms with van der Waals surface area (Å²) in [7, 11) is 0. The van der Waals surface area contributed by atoms with E-state index < -0.39 is 12.0 Å². The monoisotopic (exact) mass is 317 g/mol. The van der Waals surface area contributed by atoms with Crippen molar-refractivity contribution in [2.75, 3.05) is 19.8 Å². The van der Waals surface area contributed by atoms with Gasteiger partial charge in [0.1, 0.15) is 19.3 Å². The van der Waals surface area contributed by atoms with Crippen LogP contribution in [-0.2, 0) is 9.59 Å². The minimum atomic E-state index is -0.896. The Bertz CT molecular complexity index is 658. The number of nitrogens with zero attached hydrogens (tertiary/aromatic N) is 1. The van der Waals surface area contributed by atoms with Gasteiger partial charge < -0.3 is 19.5 Å². The smallest absolute Gasteiger partial charge is 0.326 e. The van der Waals surface area contributed by atoms with Crippen molar-refractivity contribution < 1.29 is 24.2 Å². The third-order valence-electron chi connectivity index (χ3n) is 4.92. The lowest BCUT2D eigenvalue weighted by Gasteiger charge is -2.22. The van der Waals surface area contributed by atoms with Crippen LogP contribution in [0.3, 0.4) is 0 Å². The number of carbonyl (C=O) groups is 2. The predicted molar refractivity (Wildman–Crippen MR) is 80.7 cm³/mol. The van der Waals surface area contributed by atoms with Gasteiger partial charge in [0.05, 0.1) is 0 Å². The quantitative estimate of drug-likeness (QED) is 0.917. The van der Waals surface area contributed by atoms with Gasteiger partial charge in [-0.1, -0.05) is 6.07 Å². The van der Waals surface area contributed by atoms with E-state index in [1.165, 1.54) is 0 Å². The Hall–Kier alpha value is -2.24. The Morgan fingerprint density at radius 2 is 1.96 bits per heavy atom. The molecular formula is C17H19NO5. The van der Waals surface area contributed by atoms with Crippen molar-refractivity contribution in [1.82, 2.24) is 4.90 Å². The molecule has 0 bridgehead atoms. The van der Waals surface area contributed by atoms with Crippen LogP contribution in [0.2, 0.25) is 0 Å².